The first kappa shape index (κ1) is 15.9. The molecule has 3 unspecified atom stereocenters. The Morgan fingerprint density at radius 2 is 1.83 bits per heavy atom. The quantitative estimate of drug-likeness (QED) is 0.550. The minimum absolute atomic E-state index is 0.0547. The van der Waals surface area contributed by atoms with E-state index in [9.17, 15) is 14.4 Å². The Morgan fingerprint density at radius 3 is 2.22 bits per heavy atom. The summed E-state index contributed by atoms with van der Waals surface area (Å²) in [6.07, 6.45) is 0.175. The summed E-state index contributed by atoms with van der Waals surface area (Å²) in [5.41, 5.74) is 0. The van der Waals surface area contributed by atoms with Crippen molar-refractivity contribution in [3.8, 4) is 0 Å². The molecule has 102 valence electrons. The Labute approximate surface area is 119 Å². The van der Waals surface area contributed by atoms with Crippen molar-refractivity contribution >= 4 is 50.5 Å². The molecule has 3 atom stereocenters. The number of methoxy groups -OCH3 is 1. The Hall–Kier alpha value is -0.200. The molecule has 0 N–H and O–H groups in total. The van der Waals surface area contributed by atoms with Crippen molar-refractivity contribution in [1.29, 1.82) is 0 Å². The van der Waals surface area contributed by atoms with Crippen molar-refractivity contribution < 1.29 is 23.9 Å². The minimum Gasteiger partial charge on any atom is -0.352 e. The van der Waals surface area contributed by atoms with Crippen LogP contribution < -0.4 is 0 Å². The maximum absolute atomic E-state index is 11.4. The van der Waals surface area contributed by atoms with Crippen LogP contribution in [-0.2, 0) is 23.9 Å². The van der Waals surface area contributed by atoms with Gasteiger partial charge in [-0.3, -0.25) is 14.4 Å². The average molecular weight is 318 g/mol. The average Bonchev–Trinajstić information content (AvgIpc) is 2.67. The molecule has 1 rings (SSSR count). The van der Waals surface area contributed by atoms with Gasteiger partial charge < -0.3 is 9.47 Å². The molecule has 18 heavy (non-hydrogen) atoms. The van der Waals surface area contributed by atoms with Crippen molar-refractivity contribution in [2.45, 2.75) is 18.6 Å². The number of hydrogen-bond acceptors (Lipinski definition) is 5. The predicted octanol–water partition coefficient (Wildman–Crippen LogP) is 1.67. The van der Waals surface area contributed by atoms with Crippen molar-refractivity contribution in [1.82, 2.24) is 0 Å². The van der Waals surface area contributed by atoms with Crippen LogP contribution in [0.1, 0.15) is 12.8 Å². The molecule has 5 nitrogen and oxygen atoms in total. The van der Waals surface area contributed by atoms with Gasteiger partial charge in [0.05, 0.1) is 5.92 Å². The highest BCUT2D eigenvalue weighted by molar-refractivity contribution is 6.65. The van der Waals surface area contributed by atoms with E-state index >= 15 is 0 Å². The van der Waals surface area contributed by atoms with Gasteiger partial charge in [-0.2, -0.15) is 0 Å². The van der Waals surface area contributed by atoms with E-state index < -0.39 is 40.0 Å². The van der Waals surface area contributed by atoms with E-state index in [0.29, 0.717) is 0 Å². The summed E-state index contributed by atoms with van der Waals surface area (Å²) >= 11 is 16.0. The molecule has 1 fully saturated rings. The summed E-state index contributed by atoms with van der Waals surface area (Å²) in [6.45, 7) is -0.445. The van der Waals surface area contributed by atoms with Crippen LogP contribution in [0.4, 0.5) is 0 Å². The number of carbonyl (C=O) groups is 3. The van der Waals surface area contributed by atoms with E-state index in [1.165, 1.54) is 7.11 Å². The van der Waals surface area contributed by atoms with Gasteiger partial charge in [-0.15, -0.1) is 0 Å². The van der Waals surface area contributed by atoms with Gasteiger partial charge in [-0.05, 0) is 41.2 Å². The predicted molar refractivity (Wildman–Crippen MR) is 64.5 cm³/mol. The van der Waals surface area contributed by atoms with Crippen molar-refractivity contribution in [2.75, 3.05) is 13.7 Å². The van der Waals surface area contributed by atoms with Crippen LogP contribution >= 0.6 is 34.8 Å². The fourth-order valence-corrected chi connectivity index (χ4v) is 2.57. The molecule has 0 bridgehead atoms. The lowest BCUT2D eigenvalue weighted by atomic mass is 10.0. The largest absolute Gasteiger partial charge is 0.352 e. The van der Waals surface area contributed by atoms with Gasteiger partial charge in [0.1, 0.15) is 6.61 Å². The summed E-state index contributed by atoms with van der Waals surface area (Å²) in [6, 6.07) is 0. The summed E-state index contributed by atoms with van der Waals surface area (Å²) in [5.74, 6) is -2.91. The van der Waals surface area contributed by atoms with Crippen molar-refractivity contribution in [3.63, 3.8) is 0 Å². The summed E-state index contributed by atoms with van der Waals surface area (Å²) < 4.78 is 10.4. The number of rotatable bonds is 6. The summed E-state index contributed by atoms with van der Waals surface area (Å²) in [4.78, 5) is 33.3. The van der Waals surface area contributed by atoms with Gasteiger partial charge in [-0.25, -0.2) is 0 Å². The van der Waals surface area contributed by atoms with Crippen LogP contribution in [0.3, 0.4) is 0 Å². The highest BCUT2D eigenvalue weighted by atomic mass is 35.5. The molecule has 0 aliphatic heterocycles. The van der Waals surface area contributed by atoms with Gasteiger partial charge in [-0.1, -0.05) is 0 Å². The van der Waals surface area contributed by atoms with Gasteiger partial charge in [0.25, 0.3) is 0 Å². The van der Waals surface area contributed by atoms with Crippen LogP contribution in [0.25, 0.3) is 0 Å². The molecule has 0 aromatic heterocycles. The molecular weight excluding hydrogens is 306 g/mol. The molecule has 0 spiro atoms. The first-order chi connectivity index (χ1) is 8.32. The number of hydrogen-bond donors (Lipinski definition) is 0. The number of ether oxygens (including phenoxy) is 2. The highest BCUT2D eigenvalue weighted by Crippen LogP contribution is 2.45. The molecule has 1 saturated carbocycles. The Kier molecular flexibility index (Phi) is 5.55. The summed E-state index contributed by atoms with van der Waals surface area (Å²) in [5, 5.41) is -2.05. The molecule has 0 amide bonds. The van der Waals surface area contributed by atoms with E-state index in [1.807, 2.05) is 0 Å². The van der Waals surface area contributed by atoms with E-state index in [0.717, 1.165) is 0 Å². The molecule has 0 radical (unpaired) electrons. The molecule has 1 aliphatic carbocycles. The van der Waals surface area contributed by atoms with Crippen LogP contribution in [0.2, 0.25) is 0 Å². The Balaban J connectivity index is 2.93. The van der Waals surface area contributed by atoms with Crippen LogP contribution in [0.5, 0.6) is 0 Å². The first-order valence-electron chi connectivity index (χ1n) is 5.08. The number of carbonyl (C=O) groups excluding carboxylic acids is 3. The lowest BCUT2D eigenvalue weighted by Gasteiger charge is -2.31. The third kappa shape index (κ3) is 3.42. The smallest absolute Gasteiger partial charge is 0.247 e. The normalized spacial score (nSPS) is 31.3. The highest BCUT2D eigenvalue weighted by Gasteiger charge is 2.54. The van der Waals surface area contributed by atoms with E-state index in [1.54, 1.807) is 0 Å². The van der Waals surface area contributed by atoms with Gasteiger partial charge in [0, 0.05) is 19.4 Å². The zero-order valence-corrected chi connectivity index (χ0v) is 11.7. The Bertz CT molecular complexity index is 373. The van der Waals surface area contributed by atoms with Crippen molar-refractivity contribution in [2.24, 2.45) is 11.8 Å². The number of halogens is 3. The molecule has 0 aromatic rings. The first-order valence-corrected chi connectivity index (χ1v) is 6.22. The lowest BCUT2D eigenvalue weighted by Crippen LogP contribution is -2.42. The minimum atomic E-state index is -1.43. The second-order valence-corrected chi connectivity index (χ2v) is 5.12. The van der Waals surface area contributed by atoms with Gasteiger partial charge in [0.2, 0.25) is 15.7 Å². The van der Waals surface area contributed by atoms with Crippen LogP contribution in [0.15, 0.2) is 0 Å². The van der Waals surface area contributed by atoms with Crippen molar-refractivity contribution in [3.05, 3.63) is 0 Å². The topological polar surface area (TPSA) is 69.7 Å². The maximum atomic E-state index is 11.4. The Morgan fingerprint density at radius 1 is 1.22 bits per heavy atom. The zero-order valence-electron chi connectivity index (χ0n) is 9.45. The molecular formula is C10H11Cl3O5. The molecule has 1 aliphatic rings. The SMILES string of the molecule is COC1(OCC(=O)Cl)CC(C(=O)Cl)CC1C(=O)Cl. The van der Waals surface area contributed by atoms with Gasteiger partial charge in [0.15, 0.2) is 5.79 Å². The lowest BCUT2D eigenvalue weighted by molar-refractivity contribution is -0.235. The zero-order chi connectivity index (χ0) is 13.9. The van der Waals surface area contributed by atoms with Crippen LogP contribution in [-0.4, -0.2) is 35.2 Å². The monoisotopic (exact) mass is 316 g/mol. The second-order valence-electron chi connectivity index (χ2n) is 3.96. The third-order valence-corrected chi connectivity index (χ3v) is 3.63. The molecule has 8 heteroatoms. The fraction of sp³-hybridized carbons (Fsp3) is 0.700. The fourth-order valence-electron chi connectivity index (χ4n) is 2.09. The maximum Gasteiger partial charge on any atom is 0.247 e. The standard InChI is InChI=1S/C10H11Cl3O5/c1-17-10(18-4-7(11)14)3-5(8(12)15)2-6(10)9(13)16/h5-6H,2-4H2,1H3. The summed E-state index contributed by atoms with van der Waals surface area (Å²) in [7, 11) is 1.30. The van der Waals surface area contributed by atoms with E-state index in [4.69, 9.17) is 44.3 Å². The van der Waals surface area contributed by atoms with Gasteiger partial charge >= 0.3 is 0 Å². The molecule has 0 aromatic carbocycles. The third-order valence-electron chi connectivity index (χ3n) is 2.95. The molecule has 0 saturated heterocycles. The van der Waals surface area contributed by atoms with Crippen LogP contribution in [0, 0.1) is 11.8 Å². The van der Waals surface area contributed by atoms with E-state index in [-0.39, 0.29) is 12.8 Å². The molecule has 0 heterocycles. The van der Waals surface area contributed by atoms with E-state index in [2.05, 4.69) is 0 Å². The second kappa shape index (κ2) is 6.30.